The van der Waals surface area contributed by atoms with Crippen molar-refractivity contribution in [1.29, 1.82) is 0 Å². The van der Waals surface area contributed by atoms with Gasteiger partial charge in [0.25, 0.3) is 11.5 Å². The van der Waals surface area contributed by atoms with Crippen molar-refractivity contribution in [3.8, 4) is 11.1 Å². The minimum Gasteiger partial charge on any atom is -0.381 e. The largest absolute Gasteiger partial charge is 0.433 e. The van der Waals surface area contributed by atoms with Crippen LogP contribution in [0.5, 0.6) is 0 Å². The highest BCUT2D eigenvalue weighted by atomic mass is 19.4. The number of carbonyl (C=O) groups excluding carboxylic acids is 1. The molecule has 0 radical (unpaired) electrons. The summed E-state index contributed by atoms with van der Waals surface area (Å²) in [5, 5.41) is 2.95. The fraction of sp³-hybridized carbons (Fsp3) is 0.286. The highest BCUT2D eigenvalue weighted by Crippen LogP contribution is 2.29. The maximum absolute atomic E-state index is 13.1. The molecule has 9 heteroatoms. The summed E-state index contributed by atoms with van der Waals surface area (Å²) >= 11 is 0. The van der Waals surface area contributed by atoms with Crippen LogP contribution in [0.3, 0.4) is 0 Å². The number of amides is 1. The third-order valence-electron chi connectivity index (χ3n) is 5.00. The van der Waals surface area contributed by atoms with E-state index in [0.29, 0.717) is 36.0 Å². The van der Waals surface area contributed by atoms with Gasteiger partial charge in [0.1, 0.15) is 5.65 Å². The van der Waals surface area contributed by atoms with Crippen LogP contribution in [0.1, 0.15) is 28.9 Å². The zero-order valence-corrected chi connectivity index (χ0v) is 15.8. The number of alkyl halides is 3. The van der Waals surface area contributed by atoms with Crippen LogP contribution in [0.25, 0.3) is 16.8 Å². The topological polar surface area (TPSA) is 72.7 Å². The molecule has 1 amide bonds. The molecule has 0 unspecified atom stereocenters. The molecule has 1 saturated heterocycles. The van der Waals surface area contributed by atoms with Crippen molar-refractivity contribution in [3.63, 3.8) is 0 Å². The van der Waals surface area contributed by atoms with E-state index in [1.165, 1.54) is 6.20 Å². The predicted octanol–water partition coefficient (Wildman–Crippen LogP) is 3.29. The smallest absolute Gasteiger partial charge is 0.381 e. The molecule has 1 aliphatic heterocycles. The first kappa shape index (κ1) is 20.1. The first-order valence-electron chi connectivity index (χ1n) is 9.41. The van der Waals surface area contributed by atoms with Crippen LogP contribution in [0, 0.1) is 0 Å². The highest BCUT2D eigenvalue weighted by Gasteiger charge is 2.33. The first-order valence-corrected chi connectivity index (χ1v) is 9.41. The molecule has 30 heavy (non-hydrogen) atoms. The van der Waals surface area contributed by atoms with E-state index in [0.717, 1.165) is 17.2 Å². The van der Waals surface area contributed by atoms with Crippen molar-refractivity contribution in [2.75, 3.05) is 13.2 Å². The fourth-order valence-electron chi connectivity index (χ4n) is 3.41. The number of halogens is 3. The van der Waals surface area contributed by atoms with E-state index in [9.17, 15) is 22.8 Å². The lowest BCUT2D eigenvalue weighted by atomic mass is 10.0. The van der Waals surface area contributed by atoms with E-state index in [2.05, 4.69) is 10.3 Å². The number of hydrogen-bond acceptors (Lipinski definition) is 4. The van der Waals surface area contributed by atoms with Crippen molar-refractivity contribution in [1.82, 2.24) is 14.7 Å². The third kappa shape index (κ3) is 4.06. The van der Waals surface area contributed by atoms with Gasteiger partial charge in [0.15, 0.2) is 5.69 Å². The lowest BCUT2D eigenvalue weighted by Gasteiger charge is -2.23. The molecule has 0 bridgehead atoms. The lowest BCUT2D eigenvalue weighted by Crippen LogP contribution is -2.38. The van der Waals surface area contributed by atoms with Gasteiger partial charge in [0.05, 0.1) is 0 Å². The second-order valence-electron chi connectivity index (χ2n) is 7.03. The average molecular weight is 417 g/mol. The molecule has 0 saturated carbocycles. The molecule has 3 heterocycles. The van der Waals surface area contributed by atoms with E-state index in [1.807, 2.05) is 0 Å². The Kier molecular flexibility index (Phi) is 5.29. The number of benzene rings is 1. The molecule has 6 nitrogen and oxygen atoms in total. The van der Waals surface area contributed by atoms with Crippen LogP contribution in [0.15, 0.2) is 53.5 Å². The summed E-state index contributed by atoms with van der Waals surface area (Å²) in [4.78, 5) is 28.2. The average Bonchev–Trinajstić information content (AvgIpc) is 2.73. The summed E-state index contributed by atoms with van der Waals surface area (Å²) in [6, 6.07) is 10.1. The number of hydrogen-bond donors (Lipinski definition) is 1. The number of ether oxygens (including phenoxy) is 1. The normalized spacial score (nSPS) is 15.3. The van der Waals surface area contributed by atoms with Crippen LogP contribution in [0.2, 0.25) is 0 Å². The number of aromatic nitrogens is 2. The van der Waals surface area contributed by atoms with Gasteiger partial charge in [0.2, 0.25) is 0 Å². The van der Waals surface area contributed by atoms with Gasteiger partial charge in [-0.1, -0.05) is 12.1 Å². The Labute approximate surface area is 169 Å². The van der Waals surface area contributed by atoms with Gasteiger partial charge in [0, 0.05) is 42.6 Å². The van der Waals surface area contributed by atoms with Crippen molar-refractivity contribution < 1.29 is 22.7 Å². The maximum Gasteiger partial charge on any atom is 0.433 e. The predicted molar refractivity (Wildman–Crippen MR) is 103 cm³/mol. The Morgan fingerprint density at radius 3 is 2.50 bits per heavy atom. The summed E-state index contributed by atoms with van der Waals surface area (Å²) in [5.74, 6) is -0.222. The standard InChI is InChI=1S/C21H18F3N3O3/c22-21(23,24)17-12-18(28)27-9-1-2-16(19(27)26-17)13-3-5-14(6-4-13)20(29)25-15-7-10-30-11-8-15/h1-6,9,12,15H,7-8,10-11H2,(H,25,29). The molecule has 156 valence electrons. The summed E-state index contributed by atoms with van der Waals surface area (Å²) in [6.45, 7) is 1.22. The molecule has 0 spiro atoms. The molecule has 3 aromatic rings. The Morgan fingerprint density at radius 1 is 1.13 bits per heavy atom. The molecule has 2 aromatic heterocycles. The summed E-state index contributed by atoms with van der Waals surface area (Å²) < 4.78 is 45.6. The van der Waals surface area contributed by atoms with Crippen LogP contribution < -0.4 is 10.9 Å². The summed E-state index contributed by atoms with van der Waals surface area (Å²) in [6.07, 6.45) is -1.86. The summed E-state index contributed by atoms with van der Waals surface area (Å²) in [5.41, 5.74) is -0.823. The number of nitrogens with zero attached hydrogens (tertiary/aromatic N) is 2. The van der Waals surface area contributed by atoms with E-state index in [-0.39, 0.29) is 17.6 Å². The second-order valence-corrected chi connectivity index (χ2v) is 7.03. The van der Waals surface area contributed by atoms with Gasteiger partial charge in [-0.2, -0.15) is 13.2 Å². The Hall–Kier alpha value is -3.20. The monoisotopic (exact) mass is 417 g/mol. The van der Waals surface area contributed by atoms with Crippen molar-refractivity contribution in [2.45, 2.75) is 25.1 Å². The van der Waals surface area contributed by atoms with Crippen molar-refractivity contribution in [2.24, 2.45) is 0 Å². The van der Waals surface area contributed by atoms with E-state index >= 15 is 0 Å². The lowest BCUT2D eigenvalue weighted by molar-refractivity contribution is -0.141. The highest BCUT2D eigenvalue weighted by molar-refractivity contribution is 5.95. The van der Waals surface area contributed by atoms with Crippen LogP contribution in [-0.4, -0.2) is 34.5 Å². The molecule has 0 atom stereocenters. The zero-order chi connectivity index (χ0) is 21.3. The van der Waals surface area contributed by atoms with Gasteiger partial charge >= 0.3 is 6.18 Å². The maximum atomic E-state index is 13.1. The number of fused-ring (bicyclic) bond motifs is 1. The van der Waals surface area contributed by atoms with Crippen LogP contribution in [-0.2, 0) is 10.9 Å². The van der Waals surface area contributed by atoms with Gasteiger partial charge in [-0.15, -0.1) is 0 Å². The third-order valence-corrected chi connectivity index (χ3v) is 5.00. The minimum atomic E-state index is -4.73. The number of pyridine rings is 1. The fourth-order valence-corrected chi connectivity index (χ4v) is 3.41. The van der Waals surface area contributed by atoms with Gasteiger partial charge in [-0.05, 0) is 42.7 Å². The van der Waals surface area contributed by atoms with E-state index < -0.39 is 17.4 Å². The van der Waals surface area contributed by atoms with Gasteiger partial charge in [-0.3, -0.25) is 14.0 Å². The summed E-state index contributed by atoms with van der Waals surface area (Å²) in [7, 11) is 0. The zero-order valence-electron chi connectivity index (χ0n) is 15.8. The Balaban J connectivity index is 1.66. The molecule has 1 N–H and O–H groups in total. The number of carbonyl (C=O) groups is 1. The second kappa shape index (κ2) is 7.91. The van der Waals surface area contributed by atoms with Crippen LogP contribution >= 0.6 is 0 Å². The molecular weight excluding hydrogens is 399 g/mol. The minimum absolute atomic E-state index is 0.0564. The van der Waals surface area contributed by atoms with E-state index in [4.69, 9.17) is 4.74 Å². The Bertz CT molecular complexity index is 1130. The first-order chi connectivity index (χ1) is 14.3. The van der Waals surface area contributed by atoms with Crippen molar-refractivity contribution >= 4 is 11.6 Å². The molecule has 0 aliphatic carbocycles. The molecular formula is C21H18F3N3O3. The molecule has 1 aliphatic rings. The molecule has 1 fully saturated rings. The van der Waals surface area contributed by atoms with Gasteiger partial charge in [-0.25, -0.2) is 4.98 Å². The quantitative estimate of drug-likeness (QED) is 0.710. The number of nitrogens with one attached hydrogen (secondary N) is 1. The van der Waals surface area contributed by atoms with Crippen molar-refractivity contribution in [3.05, 3.63) is 70.3 Å². The van der Waals surface area contributed by atoms with E-state index in [1.54, 1.807) is 36.4 Å². The SMILES string of the molecule is O=C(NC1CCOCC1)c1ccc(-c2cccn3c(=O)cc(C(F)(F)F)nc23)cc1. The number of rotatable bonds is 3. The Morgan fingerprint density at radius 2 is 1.83 bits per heavy atom. The van der Waals surface area contributed by atoms with Crippen LogP contribution in [0.4, 0.5) is 13.2 Å². The molecule has 4 rings (SSSR count). The van der Waals surface area contributed by atoms with Gasteiger partial charge < -0.3 is 10.1 Å². The molecule has 1 aromatic carbocycles.